The van der Waals surface area contributed by atoms with E-state index < -0.39 is 28.1 Å². The topological polar surface area (TPSA) is 146 Å². The molecule has 28 heavy (non-hydrogen) atoms. The van der Waals surface area contributed by atoms with Crippen molar-refractivity contribution in [2.24, 2.45) is 0 Å². The van der Waals surface area contributed by atoms with Crippen molar-refractivity contribution in [3.05, 3.63) is 71.3 Å². The van der Waals surface area contributed by atoms with Crippen LogP contribution in [0.4, 0.5) is 0 Å². The highest BCUT2D eigenvalue weighted by atomic mass is 32.2. The molecule has 0 saturated carbocycles. The normalized spacial score (nSPS) is 13.7. The third-order valence-corrected chi connectivity index (χ3v) is 4.54. The first-order chi connectivity index (χ1) is 13.1. The third-order valence-electron chi connectivity index (χ3n) is 3.67. The number of amides is 2. The molecule has 2 aromatic carbocycles. The maximum atomic E-state index is 12.1. The summed E-state index contributed by atoms with van der Waals surface area (Å²) in [4.78, 5) is 44.3. The van der Waals surface area contributed by atoms with Crippen LogP contribution in [0.3, 0.4) is 0 Å². The summed E-state index contributed by atoms with van der Waals surface area (Å²) < 4.78 is 28.8. The van der Waals surface area contributed by atoms with Crippen LogP contribution in [0.5, 0.6) is 0 Å². The highest BCUT2D eigenvalue weighted by Gasteiger charge is 2.37. The molecule has 0 atom stereocenters. The summed E-state index contributed by atoms with van der Waals surface area (Å²) in [5.74, 6) is -3.12. The lowest BCUT2D eigenvalue weighted by Crippen LogP contribution is -2.34. The van der Waals surface area contributed by atoms with E-state index in [1.54, 1.807) is 42.5 Å². The van der Waals surface area contributed by atoms with Gasteiger partial charge in [-0.05, 0) is 6.07 Å². The Morgan fingerprint density at radius 3 is 1.71 bits per heavy atom. The van der Waals surface area contributed by atoms with Crippen molar-refractivity contribution in [1.29, 1.82) is 0 Å². The van der Waals surface area contributed by atoms with E-state index in [-0.39, 0.29) is 34.1 Å². The fourth-order valence-electron chi connectivity index (χ4n) is 2.43. The smallest absolute Gasteiger partial charge is 0.368 e. The molecule has 2 amide bonds. The van der Waals surface area contributed by atoms with E-state index in [1.807, 2.05) is 0 Å². The first-order valence-electron chi connectivity index (χ1n) is 7.88. The molecule has 9 nitrogen and oxygen atoms in total. The van der Waals surface area contributed by atoms with Crippen molar-refractivity contribution in [3.8, 4) is 0 Å². The monoisotopic (exact) mass is 405 g/mol. The lowest BCUT2D eigenvalue weighted by Gasteiger charge is -2.06. The molecule has 1 saturated heterocycles. The van der Waals surface area contributed by atoms with Crippen LogP contribution >= 0.6 is 0 Å². The fraction of sp³-hybridized carbons (Fsp3) is 0.111. The highest BCUT2D eigenvalue weighted by Crippen LogP contribution is 2.15. The van der Waals surface area contributed by atoms with Gasteiger partial charge in [-0.2, -0.15) is 12.7 Å². The molecule has 0 aliphatic carbocycles. The number of rotatable bonds is 4. The van der Waals surface area contributed by atoms with Crippen LogP contribution in [0.1, 0.15) is 39.1 Å². The number of hydrogen-bond acceptors (Lipinski definition) is 6. The summed E-state index contributed by atoms with van der Waals surface area (Å²) in [7, 11) is -4.67. The number of carboxylic acid groups (broad SMARTS) is 1. The molecule has 2 aromatic rings. The SMILES string of the molecule is O=C(O)c1ccccc1C(=O)c1ccccc1.O=C1CCC(=O)N1S(=O)(=O)O. The van der Waals surface area contributed by atoms with Gasteiger partial charge in [0, 0.05) is 24.0 Å². The van der Waals surface area contributed by atoms with Crippen LogP contribution in [0, 0.1) is 0 Å². The van der Waals surface area contributed by atoms with E-state index in [9.17, 15) is 27.6 Å². The zero-order valence-electron chi connectivity index (χ0n) is 14.3. The Morgan fingerprint density at radius 2 is 1.29 bits per heavy atom. The van der Waals surface area contributed by atoms with E-state index in [0.717, 1.165) is 0 Å². The number of ketones is 1. The first-order valence-corrected chi connectivity index (χ1v) is 9.28. The van der Waals surface area contributed by atoms with Gasteiger partial charge in [0.15, 0.2) is 5.78 Å². The van der Waals surface area contributed by atoms with Gasteiger partial charge in [-0.3, -0.25) is 18.9 Å². The molecule has 3 rings (SSSR count). The van der Waals surface area contributed by atoms with E-state index in [1.165, 1.54) is 12.1 Å². The number of benzene rings is 2. The van der Waals surface area contributed by atoms with E-state index in [2.05, 4.69) is 0 Å². The fourth-order valence-corrected chi connectivity index (χ4v) is 3.12. The molecule has 0 unspecified atom stereocenters. The van der Waals surface area contributed by atoms with Crippen molar-refractivity contribution in [2.75, 3.05) is 0 Å². The standard InChI is InChI=1S/C14H10O3.C4H5NO5S/c15-13(10-6-2-1-3-7-10)11-8-4-5-9-12(11)14(16)17;6-3-1-2-4(7)5(3)11(8,9)10/h1-9H,(H,16,17);1-2H2,(H,8,9,10). The van der Waals surface area contributed by atoms with Gasteiger partial charge in [0.2, 0.25) is 11.8 Å². The third kappa shape index (κ3) is 4.87. The van der Waals surface area contributed by atoms with Gasteiger partial charge in [-0.25, -0.2) is 4.79 Å². The Morgan fingerprint density at radius 1 is 0.821 bits per heavy atom. The maximum Gasteiger partial charge on any atom is 0.368 e. The van der Waals surface area contributed by atoms with Crippen molar-refractivity contribution >= 4 is 33.9 Å². The summed E-state index contributed by atoms with van der Waals surface area (Å²) in [6.07, 6.45) is -0.308. The van der Waals surface area contributed by atoms with Crippen molar-refractivity contribution in [2.45, 2.75) is 12.8 Å². The Balaban J connectivity index is 0.000000221. The van der Waals surface area contributed by atoms with Crippen molar-refractivity contribution in [1.82, 2.24) is 4.31 Å². The second-order valence-corrected chi connectivity index (χ2v) is 6.84. The number of carbonyl (C=O) groups excluding carboxylic acids is 3. The summed E-state index contributed by atoms with van der Waals surface area (Å²) in [6, 6.07) is 14.8. The summed E-state index contributed by atoms with van der Waals surface area (Å²) in [5, 5.41) is 9.01. The number of carboxylic acids is 1. The average molecular weight is 405 g/mol. The first kappa shape index (κ1) is 20.9. The molecule has 1 heterocycles. The molecule has 0 spiro atoms. The minimum Gasteiger partial charge on any atom is -0.478 e. The van der Waals surface area contributed by atoms with Gasteiger partial charge in [-0.15, -0.1) is 0 Å². The van der Waals surface area contributed by atoms with Gasteiger partial charge >= 0.3 is 16.3 Å². The van der Waals surface area contributed by atoms with Gasteiger partial charge < -0.3 is 5.11 Å². The minimum absolute atomic E-state index is 0.0290. The molecule has 146 valence electrons. The van der Waals surface area contributed by atoms with Crippen LogP contribution in [0.2, 0.25) is 0 Å². The Kier molecular flexibility index (Phi) is 6.39. The molecule has 2 N–H and O–H groups in total. The summed E-state index contributed by atoms with van der Waals surface area (Å²) in [6.45, 7) is 0. The lowest BCUT2D eigenvalue weighted by atomic mass is 9.98. The molecule has 0 radical (unpaired) electrons. The van der Waals surface area contributed by atoms with Crippen LogP contribution in [0.15, 0.2) is 54.6 Å². The van der Waals surface area contributed by atoms with Gasteiger partial charge in [0.05, 0.1) is 5.56 Å². The zero-order valence-corrected chi connectivity index (χ0v) is 15.1. The summed E-state index contributed by atoms with van der Waals surface area (Å²) >= 11 is 0. The number of aromatic carboxylic acids is 1. The van der Waals surface area contributed by atoms with Crippen molar-refractivity contribution in [3.63, 3.8) is 0 Å². The predicted molar refractivity (Wildman–Crippen MR) is 95.9 cm³/mol. The van der Waals surface area contributed by atoms with Gasteiger partial charge in [0.25, 0.3) is 0 Å². The Labute approximate surface area is 160 Å². The van der Waals surface area contributed by atoms with Crippen LogP contribution in [-0.4, -0.2) is 45.9 Å². The van der Waals surface area contributed by atoms with Crippen LogP contribution in [-0.2, 0) is 19.9 Å². The second-order valence-electron chi connectivity index (χ2n) is 5.58. The molecule has 0 bridgehead atoms. The predicted octanol–water partition coefficient (Wildman–Crippen LogP) is 1.55. The Bertz CT molecular complexity index is 1010. The minimum atomic E-state index is -4.67. The van der Waals surface area contributed by atoms with Crippen molar-refractivity contribution < 1.29 is 37.3 Å². The quantitative estimate of drug-likeness (QED) is 0.442. The van der Waals surface area contributed by atoms with E-state index in [4.69, 9.17) is 9.66 Å². The second kappa shape index (κ2) is 8.55. The molecular weight excluding hydrogens is 390 g/mol. The molecule has 0 aromatic heterocycles. The lowest BCUT2D eigenvalue weighted by molar-refractivity contribution is -0.132. The molecule has 1 fully saturated rings. The largest absolute Gasteiger partial charge is 0.478 e. The maximum absolute atomic E-state index is 12.1. The Hall–Kier alpha value is -3.37. The molecule has 1 aliphatic rings. The molecule has 10 heteroatoms. The van der Waals surface area contributed by atoms with E-state index >= 15 is 0 Å². The van der Waals surface area contributed by atoms with Gasteiger partial charge in [0.1, 0.15) is 0 Å². The molecule has 1 aliphatic heterocycles. The number of imide groups is 1. The van der Waals surface area contributed by atoms with E-state index in [0.29, 0.717) is 5.56 Å². The van der Waals surface area contributed by atoms with Crippen LogP contribution < -0.4 is 0 Å². The number of carbonyl (C=O) groups is 4. The van der Waals surface area contributed by atoms with Crippen LogP contribution in [0.25, 0.3) is 0 Å². The van der Waals surface area contributed by atoms with Gasteiger partial charge in [-0.1, -0.05) is 48.5 Å². The summed E-state index contributed by atoms with van der Waals surface area (Å²) in [5.41, 5.74) is 0.730. The number of nitrogens with zero attached hydrogens (tertiary/aromatic N) is 1. The zero-order chi connectivity index (χ0) is 20.9. The molecular formula is C18H15NO8S. The number of hydrogen-bond donors (Lipinski definition) is 2. The average Bonchev–Trinajstić information content (AvgIpc) is 3.01. The highest BCUT2D eigenvalue weighted by molar-refractivity contribution is 7.84.